The van der Waals surface area contributed by atoms with E-state index >= 15 is 0 Å². The first-order valence-electron chi connectivity index (χ1n) is 7.95. The van der Waals surface area contributed by atoms with Gasteiger partial charge in [-0.15, -0.1) is 0 Å². The van der Waals surface area contributed by atoms with E-state index in [9.17, 15) is 4.79 Å². The summed E-state index contributed by atoms with van der Waals surface area (Å²) in [5.41, 5.74) is 2.75. The van der Waals surface area contributed by atoms with Gasteiger partial charge in [0.25, 0.3) is 0 Å². The van der Waals surface area contributed by atoms with Crippen molar-refractivity contribution < 1.29 is 9.90 Å². The number of hydrogen-bond donors (Lipinski definition) is 1. The van der Waals surface area contributed by atoms with Crippen molar-refractivity contribution in [3.8, 4) is 11.3 Å². The number of nitrogens with zero attached hydrogens (tertiary/aromatic N) is 3. The van der Waals surface area contributed by atoms with Crippen molar-refractivity contribution in [2.75, 3.05) is 20.1 Å². The third-order valence-electron chi connectivity index (χ3n) is 4.33. The summed E-state index contributed by atoms with van der Waals surface area (Å²) < 4.78 is 0. The lowest BCUT2D eigenvalue weighted by Gasteiger charge is -2.29. The molecule has 5 heteroatoms. The third kappa shape index (κ3) is 3.93. The molecule has 3 rings (SSSR count). The zero-order valence-electron chi connectivity index (χ0n) is 13.3. The van der Waals surface area contributed by atoms with Gasteiger partial charge in [-0.1, -0.05) is 12.1 Å². The molecule has 1 atom stereocenters. The van der Waals surface area contributed by atoms with Crippen molar-refractivity contribution in [2.45, 2.75) is 19.3 Å². The van der Waals surface area contributed by atoms with Gasteiger partial charge in [-0.05, 0) is 50.9 Å². The van der Waals surface area contributed by atoms with E-state index in [4.69, 9.17) is 5.11 Å². The van der Waals surface area contributed by atoms with Crippen LogP contribution in [0.25, 0.3) is 11.3 Å². The molecule has 0 spiro atoms. The van der Waals surface area contributed by atoms with Gasteiger partial charge in [0.1, 0.15) is 0 Å². The van der Waals surface area contributed by atoms with Gasteiger partial charge in [0.2, 0.25) is 0 Å². The van der Waals surface area contributed by atoms with Crippen LogP contribution in [0.4, 0.5) is 0 Å². The van der Waals surface area contributed by atoms with E-state index in [0.717, 1.165) is 24.2 Å². The zero-order valence-corrected chi connectivity index (χ0v) is 13.3. The van der Waals surface area contributed by atoms with Crippen molar-refractivity contribution >= 4 is 5.97 Å². The second kappa shape index (κ2) is 6.87. The van der Waals surface area contributed by atoms with E-state index in [1.54, 1.807) is 24.4 Å². The molecule has 0 amide bonds. The molecule has 1 fully saturated rings. The van der Waals surface area contributed by atoms with Crippen LogP contribution in [0.1, 0.15) is 28.9 Å². The Morgan fingerprint density at radius 1 is 1.35 bits per heavy atom. The molecule has 1 saturated heterocycles. The highest BCUT2D eigenvalue weighted by Gasteiger charge is 2.18. The fourth-order valence-corrected chi connectivity index (χ4v) is 3.16. The Morgan fingerprint density at radius 2 is 2.22 bits per heavy atom. The molecule has 1 unspecified atom stereocenters. The Bertz CT molecular complexity index is 685. The molecule has 0 aliphatic carbocycles. The van der Waals surface area contributed by atoms with Gasteiger partial charge in [-0.25, -0.2) is 4.79 Å². The van der Waals surface area contributed by atoms with Gasteiger partial charge >= 0.3 is 5.97 Å². The fourth-order valence-electron chi connectivity index (χ4n) is 3.16. The number of aromatic carboxylic acids is 1. The largest absolute Gasteiger partial charge is 0.478 e. The minimum Gasteiger partial charge on any atom is -0.478 e. The Balaban J connectivity index is 1.72. The van der Waals surface area contributed by atoms with Crippen LogP contribution < -0.4 is 0 Å². The summed E-state index contributed by atoms with van der Waals surface area (Å²) in [5, 5.41) is 9.06. The molecule has 1 aliphatic heterocycles. The first-order valence-corrected chi connectivity index (χ1v) is 7.95. The topological polar surface area (TPSA) is 66.3 Å². The number of likely N-dealkylation sites (tertiary alicyclic amines) is 1. The van der Waals surface area contributed by atoms with Crippen molar-refractivity contribution in [2.24, 2.45) is 5.92 Å². The third-order valence-corrected chi connectivity index (χ3v) is 4.33. The van der Waals surface area contributed by atoms with Gasteiger partial charge < -0.3 is 10.0 Å². The van der Waals surface area contributed by atoms with Crippen LogP contribution in [-0.4, -0.2) is 46.1 Å². The average Bonchev–Trinajstić information content (AvgIpc) is 2.56. The number of aromatic nitrogens is 2. The number of hydrogen-bond acceptors (Lipinski definition) is 4. The molecule has 1 aliphatic rings. The molecular formula is C18H21N3O2. The molecule has 0 bridgehead atoms. The molecule has 23 heavy (non-hydrogen) atoms. The SMILES string of the molecule is CN1CCCC(Cc2cnc(-c3cccc(C(=O)O)c3)cn2)C1. The first kappa shape index (κ1) is 15.6. The normalized spacial score (nSPS) is 18.7. The van der Waals surface area contributed by atoms with E-state index in [1.807, 2.05) is 12.3 Å². The van der Waals surface area contributed by atoms with Crippen LogP contribution >= 0.6 is 0 Å². The number of piperidine rings is 1. The predicted molar refractivity (Wildman–Crippen MR) is 88.4 cm³/mol. The number of rotatable bonds is 4. The minimum absolute atomic E-state index is 0.263. The summed E-state index contributed by atoms with van der Waals surface area (Å²) in [6.45, 7) is 2.30. The smallest absolute Gasteiger partial charge is 0.335 e. The fraction of sp³-hybridized carbons (Fsp3) is 0.389. The van der Waals surface area contributed by atoms with E-state index in [-0.39, 0.29) is 5.56 Å². The molecule has 120 valence electrons. The predicted octanol–water partition coefficient (Wildman–Crippen LogP) is 2.73. The second-order valence-electron chi connectivity index (χ2n) is 6.25. The number of carboxylic acids is 1. The summed E-state index contributed by atoms with van der Waals surface area (Å²) in [5.74, 6) is -0.290. The quantitative estimate of drug-likeness (QED) is 0.940. The summed E-state index contributed by atoms with van der Waals surface area (Å²) >= 11 is 0. The number of carbonyl (C=O) groups is 1. The number of carboxylic acid groups (broad SMARTS) is 1. The van der Waals surface area contributed by atoms with E-state index in [1.165, 1.54) is 19.4 Å². The van der Waals surface area contributed by atoms with Gasteiger partial charge in [-0.3, -0.25) is 9.97 Å². The summed E-state index contributed by atoms with van der Waals surface area (Å²) in [6, 6.07) is 6.79. The minimum atomic E-state index is -0.933. The lowest BCUT2D eigenvalue weighted by Crippen LogP contribution is -2.33. The van der Waals surface area contributed by atoms with Crippen molar-refractivity contribution in [1.29, 1.82) is 0 Å². The Morgan fingerprint density at radius 3 is 2.91 bits per heavy atom. The monoisotopic (exact) mass is 311 g/mol. The Hall–Kier alpha value is -2.27. The summed E-state index contributed by atoms with van der Waals surface area (Å²) in [4.78, 5) is 22.4. The molecule has 0 radical (unpaired) electrons. The average molecular weight is 311 g/mol. The summed E-state index contributed by atoms with van der Waals surface area (Å²) in [6.07, 6.45) is 7.00. The molecule has 1 N–H and O–H groups in total. The zero-order chi connectivity index (χ0) is 16.2. The van der Waals surface area contributed by atoms with Gasteiger partial charge in [-0.2, -0.15) is 0 Å². The molecule has 1 aromatic carbocycles. The second-order valence-corrected chi connectivity index (χ2v) is 6.25. The van der Waals surface area contributed by atoms with Gasteiger partial charge in [0.15, 0.2) is 0 Å². The highest BCUT2D eigenvalue weighted by Crippen LogP contribution is 2.21. The maximum atomic E-state index is 11.0. The lowest BCUT2D eigenvalue weighted by molar-refractivity contribution is 0.0697. The number of benzene rings is 1. The van der Waals surface area contributed by atoms with Gasteiger partial charge in [0.05, 0.1) is 23.1 Å². The van der Waals surface area contributed by atoms with Crippen LogP contribution in [0, 0.1) is 5.92 Å². The maximum absolute atomic E-state index is 11.0. The molecule has 5 nitrogen and oxygen atoms in total. The van der Waals surface area contributed by atoms with Crippen LogP contribution in [0.15, 0.2) is 36.7 Å². The van der Waals surface area contributed by atoms with Crippen LogP contribution in [0.3, 0.4) is 0 Å². The van der Waals surface area contributed by atoms with Crippen LogP contribution in [0.5, 0.6) is 0 Å². The van der Waals surface area contributed by atoms with E-state index in [0.29, 0.717) is 11.6 Å². The molecule has 1 aromatic heterocycles. The van der Waals surface area contributed by atoms with E-state index in [2.05, 4.69) is 21.9 Å². The van der Waals surface area contributed by atoms with Gasteiger partial charge in [0, 0.05) is 18.3 Å². The van der Waals surface area contributed by atoms with Crippen LogP contribution in [0.2, 0.25) is 0 Å². The molecular weight excluding hydrogens is 290 g/mol. The van der Waals surface area contributed by atoms with Crippen LogP contribution in [-0.2, 0) is 6.42 Å². The molecule has 2 heterocycles. The maximum Gasteiger partial charge on any atom is 0.335 e. The standard InChI is InChI=1S/C18H21N3O2/c1-21-7-3-4-13(12-21)8-16-10-20-17(11-19-16)14-5-2-6-15(9-14)18(22)23/h2,5-6,9-11,13H,3-4,7-8,12H2,1H3,(H,22,23). The highest BCUT2D eigenvalue weighted by atomic mass is 16.4. The van der Waals surface area contributed by atoms with E-state index < -0.39 is 5.97 Å². The Labute approximate surface area is 136 Å². The first-order chi connectivity index (χ1) is 11.1. The molecule has 2 aromatic rings. The summed E-state index contributed by atoms with van der Waals surface area (Å²) in [7, 11) is 2.16. The lowest BCUT2D eigenvalue weighted by atomic mass is 9.94. The van der Waals surface area contributed by atoms with Crippen molar-refractivity contribution in [3.05, 3.63) is 47.9 Å². The molecule has 0 saturated carbocycles. The van der Waals surface area contributed by atoms with Crippen molar-refractivity contribution in [3.63, 3.8) is 0 Å². The Kier molecular flexibility index (Phi) is 4.67. The van der Waals surface area contributed by atoms with Crippen molar-refractivity contribution in [1.82, 2.24) is 14.9 Å². The highest BCUT2D eigenvalue weighted by molar-refractivity contribution is 5.89.